The van der Waals surface area contributed by atoms with Gasteiger partial charge in [-0.25, -0.2) is 4.79 Å². The fourth-order valence-corrected chi connectivity index (χ4v) is 4.21. The van der Waals surface area contributed by atoms with E-state index in [2.05, 4.69) is 109 Å². The number of carbonyl (C=O) groups excluding carboxylic acids is 1. The molecule has 0 saturated carbocycles. The normalized spacial score (nSPS) is 15.8. The molecule has 5 nitrogen and oxygen atoms in total. The number of aliphatic carboxylic acids is 1. The number of amides is 1. The number of hydrogen-bond donors (Lipinski definition) is 3. The largest absolute Gasteiger partial charge is 0.480 e. The standard InChI is InChI=1S/C24H27N.C5H7NO3/c1-20(19-21-11-5-2-6-12-21)25-18-17-24(22-13-7-3-8-14-22)23-15-9-4-10-16-23;7-4-2-1-3(6-4)5(8)9/h2-16,20,24-25H,17-19H2,1H3;3H,1-2H2,(H,6,7)(H,8,9)/t;3-/m.0/s1. The molecule has 0 radical (unpaired) electrons. The third kappa shape index (κ3) is 8.16. The van der Waals surface area contributed by atoms with E-state index in [1.807, 2.05) is 0 Å². The van der Waals surface area contributed by atoms with Gasteiger partial charge in [-0.15, -0.1) is 0 Å². The minimum atomic E-state index is -0.944. The van der Waals surface area contributed by atoms with Crippen LogP contribution < -0.4 is 10.6 Å². The van der Waals surface area contributed by atoms with Crippen molar-refractivity contribution in [3.05, 3.63) is 108 Å². The maximum Gasteiger partial charge on any atom is 0.326 e. The van der Waals surface area contributed by atoms with Crippen LogP contribution in [-0.2, 0) is 16.0 Å². The number of carboxylic acids is 1. The molecule has 0 bridgehead atoms. The highest BCUT2D eigenvalue weighted by molar-refractivity contribution is 5.87. The van der Waals surface area contributed by atoms with Crippen LogP contribution in [0.25, 0.3) is 0 Å². The highest BCUT2D eigenvalue weighted by Crippen LogP contribution is 2.27. The van der Waals surface area contributed by atoms with Crippen LogP contribution in [0.1, 0.15) is 48.8 Å². The molecule has 5 heteroatoms. The van der Waals surface area contributed by atoms with Crippen molar-refractivity contribution in [3.8, 4) is 0 Å². The van der Waals surface area contributed by atoms with Crippen LogP contribution in [0.3, 0.4) is 0 Å². The molecule has 178 valence electrons. The minimum absolute atomic E-state index is 0.164. The Morgan fingerprint density at radius 1 is 0.941 bits per heavy atom. The maximum atomic E-state index is 10.4. The summed E-state index contributed by atoms with van der Waals surface area (Å²) in [7, 11) is 0. The van der Waals surface area contributed by atoms with Gasteiger partial charge in [-0.1, -0.05) is 91.0 Å². The van der Waals surface area contributed by atoms with Gasteiger partial charge < -0.3 is 15.7 Å². The second-order valence-corrected chi connectivity index (χ2v) is 8.70. The number of hydrogen-bond acceptors (Lipinski definition) is 3. The highest BCUT2D eigenvalue weighted by atomic mass is 16.4. The number of nitrogens with one attached hydrogen (secondary N) is 2. The number of carboxylic acid groups (broad SMARTS) is 1. The van der Waals surface area contributed by atoms with Crippen LogP contribution in [0, 0.1) is 0 Å². The summed E-state index contributed by atoms with van der Waals surface area (Å²) in [6.45, 7) is 3.29. The summed E-state index contributed by atoms with van der Waals surface area (Å²) >= 11 is 0. The predicted octanol–water partition coefficient (Wildman–Crippen LogP) is 4.78. The molecule has 3 aromatic rings. The lowest BCUT2D eigenvalue weighted by molar-refractivity contribution is -0.140. The molecule has 4 rings (SSSR count). The zero-order valence-electron chi connectivity index (χ0n) is 19.7. The Hall–Kier alpha value is -3.44. The Morgan fingerprint density at radius 2 is 1.47 bits per heavy atom. The van der Waals surface area contributed by atoms with E-state index in [0.717, 1.165) is 19.4 Å². The van der Waals surface area contributed by atoms with Gasteiger partial charge in [0.1, 0.15) is 6.04 Å². The summed E-state index contributed by atoms with van der Waals surface area (Å²) in [6, 6.07) is 32.2. The van der Waals surface area contributed by atoms with Gasteiger partial charge in [0.2, 0.25) is 5.91 Å². The lowest BCUT2D eigenvalue weighted by atomic mass is 9.88. The van der Waals surface area contributed by atoms with Crippen LogP contribution in [-0.4, -0.2) is 35.6 Å². The first-order valence-electron chi connectivity index (χ1n) is 11.9. The average molecular weight is 459 g/mol. The fraction of sp³-hybridized carbons (Fsp3) is 0.310. The van der Waals surface area contributed by atoms with Crippen molar-refractivity contribution in [1.29, 1.82) is 0 Å². The Balaban J connectivity index is 0.000000302. The zero-order valence-corrected chi connectivity index (χ0v) is 19.7. The van der Waals surface area contributed by atoms with Crippen molar-refractivity contribution in [2.75, 3.05) is 6.54 Å². The van der Waals surface area contributed by atoms with Crippen molar-refractivity contribution in [1.82, 2.24) is 10.6 Å². The topological polar surface area (TPSA) is 78.4 Å². The van der Waals surface area contributed by atoms with Gasteiger partial charge in [0.05, 0.1) is 0 Å². The van der Waals surface area contributed by atoms with Crippen molar-refractivity contribution in [2.45, 2.75) is 50.6 Å². The Kier molecular flexibility index (Phi) is 9.86. The summed E-state index contributed by atoms with van der Waals surface area (Å²) in [5.41, 5.74) is 4.18. The minimum Gasteiger partial charge on any atom is -0.480 e. The van der Waals surface area contributed by atoms with Crippen molar-refractivity contribution >= 4 is 11.9 Å². The van der Waals surface area contributed by atoms with Gasteiger partial charge in [0.25, 0.3) is 0 Å². The van der Waals surface area contributed by atoms with E-state index in [4.69, 9.17) is 5.11 Å². The molecule has 1 fully saturated rings. The highest BCUT2D eigenvalue weighted by Gasteiger charge is 2.26. The van der Waals surface area contributed by atoms with Crippen molar-refractivity contribution in [3.63, 3.8) is 0 Å². The van der Waals surface area contributed by atoms with Crippen LogP contribution in [0.4, 0.5) is 0 Å². The first-order chi connectivity index (χ1) is 16.5. The summed E-state index contributed by atoms with van der Waals surface area (Å²) in [5, 5.41) is 14.3. The number of benzene rings is 3. The van der Waals surface area contributed by atoms with Crippen molar-refractivity contribution < 1.29 is 14.7 Å². The molecule has 34 heavy (non-hydrogen) atoms. The van der Waals surface area contributed by atoms with E-state index in [0.29, 0.717) is 24.8 Å². The number of rotatable bonds is 9. The van der Waals surface area contributed by atoms with Gasteiger partial charge in [0, 0.05) is 18.4 Å². The van der Waals surface area contributed by atoms with E-state index in [1.165, 1.54) is 16.7 Å². The molecule has 3 aromatic carbocycles. The van der Waals surface area contributed by atoms with Crippen molar-refractivity contribution in [2.24, 2.45) is 0 Å². The van der Waals surface area contributed by atoms with Crippen LogP contribution in [0.15, 0.2) is 91.0 Å². The number of carbonyl (C=O) groups is 2. The quantitative estimate of drug-likeness (QED) is 0.431. The van der Waals surface area contributed by atoms with Gasteiger partial charge >= 0.3 is 5.97 Å². The third-order valence-corrected chi connectivity index (χ3v) is 6.01. The molecule has 1 aliphatic rings. The van der Waals surface area contributed by atoms with E-state index >= 15 is 0 Å². The molecule has 0 aliphatic carbocycles. The fourth-order valence-electron chi connectivity index (χ4n) is 4.21. The second kappa shape index (κ2) is 13.3. The molecule has 2 atom stereocenters. The monoisotopic (exact) mass is 458 g/mol. The molecule has 1 unspecified atom stereocenters. The zero-order chi connectivity index (χ0) is 24.2. The first kappa shape index (κ1) is 25.2. The third-order valence-electron chi connectivity index (χ3n) is 6.01. The van der Waals surface area contributed by atoms with Gasteiger partial charge in [-0.05, 0) is 49.4 Å². The van der Waals surface area contributed by atoms with Gasteiger partial charge in [-0.2, -0.15) is 0 Å². The molecule has 0 aromatic heterocycles. The summed E-state index contributed by atoms with van der Waals surface area (Å²) < 4.78 is 0. The van der Waals surface area contributed by atoms with Gasteiger partial charge in [0.15, 0.2) is 0 Å². The molecule has 1 aliphatic heterocycles. The molecule has 0 spiro atoms. The predicted molar refractivity (Wildman–Crippen MR) is 136 cm³/mol. The lowest BCUT2D eigenvalue weighted by Gasteiger charge is -2.20. The van der Waals surface area contributed by atoms with E-state index in [1.54, 1.807) is 0 Å². The Morgan fingerprint density at radius 3 is 1.91 bits per heavy atom. The van der Waals surface area contributed by atoms with Crippen LogP contribution >= 0.6 is 0 Å². The Labute approximate surface area is 202 Å². The molecular formula is C29H34N2O3. The van der Waals surface area contributed by atoms with Crippen LogP contribution in [0.2, 0.25) is 0 Å². The Bertz CT molecular complexity index is 970. The molecular weight excluding hydrogens is 424 g/mol. The second-order valence-electron chi connectivity index (χ2n) is 8.70. The summed E-state index contributed by atoms with van der Waals surface area (Å²) in [6.07, 6.45) is 2.94. The average Bonchev–Trinajstić information content (AvgIpc) is 3.31. The lowest BCUT2D eigenvalue weighted by Crippen LogP contribution is -2.32. The molecule has 1 amide bonds. The van der Waals surface area contributed by atoms with E-state index in [-0.39, 0.29) is 5.91 Å². The molecule has 1 saturated heterocycles. The van der Waals surface area contributed by atoms with E-state index < -0.39 is 12.0 Å². The smallest absolute Gasteiger partial charge is 0.326 e. The summed E-state index contributed by atoms with van der Waals surface area (Å²) in [4.78, 5) is 20.5. The summed E-state index contributed by atoms with van der Waals surface area (Å²) in [5.74, 6) is -0.665. The first-order valence-corrected chi connectivity index (χ1v) is 11.9. The van der Waals surface area contributed by atoms with E-state index in [9.17, 15) is 9.59 Å². The van der Waals surface area contributed by atoms with Crippen LogP contribution in [0.5, 0.6) is 0 Å². The maximum absolute atomic E-state index is 10.4. The molecule has 3 N–H and O–H groups in total. The van der Waals surface area contributed by atoms with Gasteiger partial charge in [-0.3, -0.25) is 4.79 Å². The molecule has 1 heterocycles. The SMILES string of the molecule is CC(Cc1ccccc1)NCCC(c1ccccc1)c1ccccc1.O=C1CC[C@@H](C(=O)O)N1.